The van der Waals surface area contributed by atoms with E-state index in [1.807, 2.05) is 0 Å². The zero-order valence-corrected chi connectivity index (χ0v) is 26.1. The van der Waals surface area contributed by atoms with Gasteiger partial charge >= 0.3 is 0 Å². The van der Waals surface area contributed by atoms with Crippen molar-refractivity contribution in [3.63, 3.8) is 0 Å². The lowest BCUT2D eigenvalue weighted by Gasteiger charge is -2.08. The van der Waals surface area contributed by atoms with Crippen molar-refractivity contribution in [1.29, 1.82) is 0 Å². The summed E-state index contributed by atoms with van der Waals surface area (Å²) in [5.41, 5.74) is 0. The number of thiocarbonyl (C=S) groups is 1. The van der Waals surface area contributed by atoms with Gasteiger partial charge in [-0.3, -0.25) is 0 Å². The molecule has 0 aromatic rings. The highest BCUT2D eigenvalue weighted by molar-refractivity contribution is 7.80. The molecule has 0 saturated heterocycles. The maximum Gasteiger partial charge on any atom is 0.159 e. The Bertz CT molecular complexity index is 408. The molecule has 0 N–H and O–H groups in total. The highest BCUT2D eigenvalue weighted by Crippen LogP contribution is 2.15. The van der Waals surface area contributed by atoms with Gasteiger partial charge in [-0.1, -0.05) is 187 Å². The van der Waals surface area contributed by atoms with Crippen LogP contribution in [0.15, 0.2) is 0 Å². The fourth-order valence-electron chi connectivity index (χ4n) is 5.20. The van der Waals surface area contributed by atoms with Gasteiger partial charge in [0.25, 0.3) is 0 Å². The average Bonchev–Trinajstić information content (AvgIpc) is 2.88. The zero-order valence-electron chi connectivity index (χ0n) is 25.2. The second-order valence-electron chi connectivity index (χ2n) is 11.5. The van der Waals surface area contributed by atoms with Crippen LogP contribution in [-0.2, 0) is 4.74 Å². The first-order valence-electron chi connectivity index (χ1n) is 17.0. The Hall–Kier alpha value is -0.110. The minimum atomic E-state index is 0.843. The van der Waals surface area contributed by atoms with E-state index in [9.17, 15) is 0 Å². The monoisotopic (exact) mass is 524 g/mol. The van der Waals surface area contributed by atoms with Crippen LogP contribution in [0.4, 0.5) is 0 Å². The van der Waals surface area contributed by atoms with Crippen LogP contribution in [0.2, 0.25) is 0 Å². The van der Waals surface area contributed by atoms with Crippen LogP contribution in [0, 0.1) is 0 Å². The number of hydrogen-bond donors (Lipinski definition) is 0. The normalized spacial score (nSPS) is 11.3. The number of rotatable bonds is 31. The van der Waals surface area contributed by atoms with E-state index in [1.54, 1.807) is 0 Å². The smallest absolute Gasteiger partial charge is 0.159 e. The summed E-state index contributed by atoms with van der Waals surface area (Å²) < 4.78 is 5.80. The summed E-state index contributed by atoms with van der Waals surface area (Å²) in [6, 6.07) is 0. The molecular formula is C34H68OS. The summed E-state index contributed by atoms with van der Waals surface area (Å²) in [7, 11) is 0. The Morgan fingerprint density at radius 2 is 0.611 bits per heavy atom. The first kappa shape index (κ1) is 35.9. The van der Waals surface area contributed by atoms with E-state index in [0.29, 0.717) is 0 Å². The van der Waals surface area contributed by atoms with Crippen molar-refractivity contribution < 1.29 is 4.74 Å². The van der Waals surface area contributed by atoms with Gasteiger partial charge in [-0.25, -0.2) is 0 Å². The third-order valence-electron chi connectivity index (χ3n) is 7.75. The van der Waals surface area contributed by atoms with Gasteiger partial charge < -0.3 is 4.74 Å². The van der Waals surface area contributed by atoms with Crippen LogP contribution < -0.4 is 0 Å². The van der Waals surface area contributed by atoms with E-state index < -0.39 is 0 Å². The molecule has 0 aliphatic rings. The Morgan fingerprint density at radius 3 is 0.917 bits per heavy atom. The molecule has 0 aromatic carbocycles. The van der Waals surface area contributed by atoms with Gasteiger partial charge in [0.05, 0.1) is 6.61 Å². The molecule has 1 nitrogen and oxygen atoms in total. The third-order valence-corrected chi connectivity index (χ3v) is 8.07. The number of unbranched alkanes of at least 4 members (excludes halogenated alkanes) is 27. The predicted molar refractivity (Wildman–Crippen MR) is 168 cm³/mol. The van der Waals surface area contributed by atoms with Crippen LogP contribution in [-0.4, -0.2) is 11.7 Å². The van der Waals surface area contributed by atoms with Gasteiger partial charge in [-0.05, 0) is 25.1 Å². The van der Waals surface area contributed by atoms with Crippen molar-refractivity contribution >= 4 is 17.3 Å². The average molecular weight is 525 g/mol. The molecule has 0 atom stereocenters. The maximum absolute atomic E-state index is 5.80. The fraction of sp³-hybridized carbons (Fsp3) is 0.971. The van der Waals surface area contributed by atoms with Gasteiger partial charge in [0.1, 0.15) is 0 Å². The Balaban J connectivity index is 3.13. The lowest BCUT2D eigenvalue weighted by atomic mass is 10.0. The molecule has 0 radical (unpaired) electrons. The van der Waals surface area contributed by atoms with E-state index >= 15 is 0 Å². The zero-order chi connectivity index (χ0) is 26.2. The molecule has 216 valence electrons. The summed E-state index contributed by atoms with van der Waals surface area (Å²) in [5.74, 6) is 0. The highest BCUT2D eigenvalue weighted by Gasteiger charge is 2.00. The quantitative estimate of drug-likeness (QED) is 0.0658. The lowest BCUT2D eigenvalue weighted by molar-refractivity contribution is 0.290. The Kier molecular flexibility index (Phi) is 32.8. The SMILES string of the molecule is CCCCCCCCCCCCCCCCCCOC(=S)CCCCCCCCCCCCCCC. The molecule has 0 spiro atoms. The lowest BCUT2D eigenvalue weighted by Crippen LogP contribution is -2.03. The molecule has 0 bridgehead atoms. The van der Waals surface area contributed by atoms with Crippen molar-refractivity contribution in [3.8, 4) is 0 Å². The summed E-state index contributed by atoms with van der Waals surface area (Å²) in [6.45, 7) is 5.44. The largest absolute Gasteiger partial charge is 0.487 e. The summed E-state index contributed by atoms with van der Waals surface area (Å²) in [5, 5.41) is 0.860. The van der Waals surface area contributed by atoms with Gasteiger partial charge in [-0.2, -0.15) is 0 Å². The minimum Gasteiger partial charge on any atom is -0.487 e. The summed E-state index contributed by atoms with van der Waals surface area (Å²) >= 11 is 5.43. The Morgan fingerprint density at radius 1 is 0.361 bits per heavy atom. The number of ether oxygens (including phenoxy) is 1. The second-order valence-corrected chi connectivity index (χ2v) is 12.0. The molecule has 0 aliphatic heterocycles. The molecule has 0 fully saturated rings. The van der Waals surface area contributed by atoms with Crippen LogP contribution in [0.5, 0.6) is 0 Å². The number of hydrogen-bond acceptors (Lipinski definition) is 2. The van der Waals surface area contributed by atoms with Crippen molar-refractivity contribution in [2.45, 2.75) is 206 Å². The summed E-state index contributed by atoms with van der Waals surface area (Å²) in [4.78, 5) is 0. The molecule has 0 saturated carbocycles. The van der Waals surface area contributed by atoms with Crippen LogP contribution >= 0.6 is 12.2 Å². The standard InChI is InChI=1S/C34H68OS/c1-3-5-7-9-11-13-15-17-18-19-21-23-25-27-29-31-33-35-34(36)32-30-28-26-24-22-20-16-14-12-10-8-6-4-2/h3-33H2,1-2H3. The van der Waals surface area contributed by atoms with Gasteiger partial charge in [0.15, 0.2) is 5.05 Å². The van der Waals surface area contributed by atoms with Gasteiger partial charge in [-0.15, -0.1) is 0 Å². The molecule has 0 amide bonds. The molecule has 0 heterocycles. The van der Waals surface area contributed by atoms with E-state index in [4.69, 9.17) is 17.0 Å². The molecule has 0 rings (SSSR count). The van der Waals surface area contributed by atoms with Gasteiger partial charge in [0, 0.05) is 6.42 Å². The van der Waals surface area contributed by atoms with Crippen LogP contribution in [0.3, 0.4) is 0 Å². The van der Waals surface area contributed by atoms with Crippen molar-refractivity contribution in [1.82, 2.24) is 0 Å². The van der Waals surface area contributed by atoms with Gasteiger partial charge in [0.2, 0.25) is 0 Å². The topological polar surface area (TPSA) is 9.23 Å². The van der Waals surface area contributed by atoms with E-state index in [1.165, 1.54) is 186 Å². The van der Waals surface area contributed by atoms with Crippen molar-refractivity contribution in [3.05, 3.63) is 0 Å². The van der Waals surface area contributed by atoms with E-state index in [2.05, 4.69) is 13.8 Å². The van der Waals surface area contributed by atoms with Crippen molar-refractivity contribution in [2.24, 2.45) is 0 Å². The maximum atomic E-state index is 5.80. The van der Waals surface area contributed by atoms with Crippen LogP contribution in [0.25, 0.3) is 0 Å². The molecule has 0 aromatic heterocycles. The molecule has 0 unspecified atom stereocenters. The summed E-state index contributed by atoms with van der Waals surface area (Å²) in [6.07, 6.45) is 41.8. The minimum absolute atomic E-state index is 0.843. The molecule has 0 aliphatic carbocycles. The molecule has 36 heavy (non-hydrogen) atoms. The first-order chi connectivity index (χ1) is 17.8. The molecular weight excluding hydrogens is 456 g/mol. The molecule has 2 heteroatoms. The van der Waals surface area contributed by atoms with E-state index in [-0.39, 0.29) is 0 Å². The van der Waals surface area contributed by atoms with Crippen LogP contribution in [0.1, 0.15) is 206 Å². The predicted octanol–water partition coefficient (Wildman–Crippen LogP) is 13.1. The highest BCUT2D eigenvalue weighted by atomic mass is 32.1. The van der Waals surface area contributed by atoms with Crippen molar-refractivity contribution in [2.75, 3.05) is 6.61 Å². The third kappa shape index (κ3) is 31.9. The van der Waals surface area contributed by atoms with E-state index in [0.717, 1.165) is 18.1 Å². The Labute approximate surface area is 234 Å². The second kappa shape index (κ2) is 32.9. The first-order valence-corrected chi connectivity index (χ1v) is 17.4. The fourth-order valence-corrected chi connectivity index (χ4v) is 5.42.